The van der Waals surface area contributed by atoms with Crippen molar-refractivity contribution in [2.75, 3.05) is 0 Å². The third kappa shape index (κ3) is 4.34. The normalized spacial score (nSPS) is 11.3. The molecule has 196 valence electrons. The van der Waals surface area contributed by atoms with E-state index in [1.54, 1.807) is 0 Å². The van der Waals surface area contributed by atoms with Gasteiger partial charge in [-0.3, -0.25) is 9.97 Å². The van der Waals surface area contributed by atoms with Crippen LogP contribution in [-0.4, -0.2) is 24.9 Å². The highest BCUT2D eigenvalue weighted by atomic mass is 15.0. The van der Waals surface area contributed by atoms with E-state index in [0.29, 0.717) is 17.5 Å². The van der Waals surface area contributed by atoms with E-state index in [4.69, 9.17) is 19.9 Å². The Bertz CT molecular complexity index is 2150. The Hall–Kier alpha value is -5.81. The van der Waals surface area contributed by atoms with Crippen LogP contribution in [0.15, 0.2) is 140 Å². The number of rotatable bonds is 4. The maximum Gasteiger partial charge on any atom is 0.165 e. The first-order valence-electron chi connectivity index (χ1n) is 13.8. The highest BCUT2D eigenvalue weighted by molar-refractivity contribution is 5.94. The van der Waals surface area contributed by atoms with E-state index in [1.807, 2.05) is 67.0 Å². The van der Waals surface area contributed by atoms with Crippen LogP contribution in [0.1, 0.15) is 0 Å². The molecule has 0 aliphatic rings. The Morgan fingerprint density at radius 3 is 1.50 bits per heavy atom. The summed E-state index contributed by atoms with van der Waals surface area (Å²) in [7, 11) is 0. The number of pyridine rings is 2. The Labute approximate surface area is 242 Å². The fourth-order valence-corrected chi connectivity index (χ4v) is 5.41. The minimum absolute atomic E-state index is 0.571. The van der Waals surface area contributed by atoms with Crippen molar-refractivity contribution in [1.82, 2.24) is 24.9 Å². The van der Waals surface area contributed by atoms with Crippen molar-refractivity contribution < 1.29 is 0 Å². The van der Waals surface area contributed by atoms with Gasteiger partial charge in [0, 0.05) is 34.5 Å². The molecule has 8 rings (SSSR count). The van der Waals surface area contributed by atoms with Gasteiger partial charge < -0.3 is 0 Å². The molecule has 42 heavy (non-hydrogen) atoms. The van der Waals surface area contributed by atoms with Gasteiger partial charge in [0.25, 0.3) is 0 Å². The molecule has 0 N–H and O–H groups in total. The number of hydrogen-bond acceptors (Lipinski definition) is 5. The van der Waals surface area contributed by atoms with Gasteiger partial charge in [-0.25, -0.2) is 15.0 Å². The second kappa shape index (κ2) is 9.98. The molecule has 0 unspecified atom stereocenters. The predicted molar refractivity (Wildman–Crippen MR) is 170 cm³/mol. The molecule has 0 amide bonds. The summed E-state index contributed by atoms with van der Waals surface area (Å²) in [6, 6.07) is 43.5. The molecular weight excluding hydrogens is 514 g/mol. The van der Waals surface area contributed by atoms with Crippen LogP contribution < -0.4 is 0 Å². The maximum absolute atomic E-state index is 4.96. The van der Waals surface area contributed by atoms with Gasteiger partial charge in [-0.05, 0) is 57.3 Å². The number of aromatic nitrogens is 5. The van der Waals surface area contributed by atoms with Gasteiger partial charge in [-0.15, -0.1) is 0 Å². The Morgan fingerprint density at radius 1 is 0.381 bits per heavy atom. The first-order valence-corrected chi connectivity index (χ1v) is 13.8. The number of fused-ring (bicyclic) bond motifs is 3. The van der Waals surface area contributed by atoms with Crippen LogP contribution in [-0.2, 0) is 0 Å². The average molecular weight is 538 g/mol. The lowest BCUT2D eigenvalue weighted by Gasteiger charge is -2.10. The van der Waals surface area contributed by atoms with Crippen molar-refractivity contribution in [1.29, 1.82) is 0 Å². The van der Waals surface area contributed by atoms with Gasteiger partial charge in [0.2, 0.25) is 0 Å². The van der Waals surface area contributed by atoms with Gasteiger partial charge in [0.05, 0.1) is 11.4 Å². The second-order valence-electron chi connectivity index (χ2n) is 10.2. The molecular formula is C37H23N5. The lowest BCUT2D eigenvalue weighted by atomic mass is 10.1. The van der Waals surface area contributed by atoms with Gasteiger partial charge in [-0.2, -0.15) is 0 Å². The van der Waals surface area contributed by atoms with Crippen molar-refractivity contribution in [2.24, 2.45) is 0 Å². The summed E-state index contributed by atoms with van der Waals surface area (Å²) in [5, 5.41) is 6.82. The zero-order valence-corrected chi connectivity index (χ0v) is 22.5. The third-order valence-electron chi connectivity index (χ3n) is 7.59. The molecule has 5 aromatic carbocycles. The van der Waals surface area contributed by atoms with Gasteiger partial charge in [-0.1, -0.05) is 97.1 Å². The predicted octanol–water partition coefficient (Wildman–Crippen LogP) is 8.79. The summed E-state index contributed by atoms with van der Waals surface area (Å²) in [5.41, 5.74) is 4.33. The van der Waals surface area contributed by atoms with Crippen LogP contribution in [0.2, 0.25) is 0 Å². The van der Waals surface area contributed by atoms with Gasteiger partial charge >= 0.3 is 0 Å². The highest BCUT2D eigenvalue weighted by Gasteiger charge is 2.14. The molecule has 0 spiro atoms. The molecule has 3 heterocycles. The van der Waals surface area contributed by atoms with Gasteiger partial charge in [0.15, 0.2) is 17.5 Å². The maximum atomic E-state index is 4.96. The molecule has 0 saturated carbocycles. The molecule has 3 aromatic heterocycles. The summed E-state index contributed by atoms with van der Waals surface area (Å²) in [6.45, 7) is 0. The van der Waals surface area contributed by atoms with E-state index in [2.05, 4.69) is 77.8 Å². The number of hydrogen-bond donors (Lipinski definition) is 0. The number of nitrogens with zero attached hydrogens (tertiary/aromatic N) is 5. The molecule has 0 radical (unpaired) electrons. The summed E-state index contributed by atoms with van der Waals surface area (Å²) < 4.78 is 0. The molecule has 5 nitrogen and oxygen atoms in total. The lowest BCUT2D eigenvalue weighted by molar-refractivity contribution is 1.07. The first-order chi connectivity index (χ1) is 20.8. The first kappa shape index (κ1) is 24.0. The summed E-state index contributed by atoms with van der Waals surface area (Å²) in [6.07, 6.45) is 3.65. The zero-order valence-electron chi connectivity index (χ0n) is 22.5. The fourth-order valence-electron chi connectivity index (χ4n) is 5.41. The monoisotopic (exact) mass is 537 g/mol. The minimum atomic E-state index is 0.571. The Balaban J connectivity index is 1.27. The third-order valence-corrected chi connectivity index (χ3v) is 7.59. The Morgan fingerprint density at radius 2 is 0.905 bits per heavy atom. The van der Waals surface area contributed by atoms with Crippen LogP contribution in [0.4, 0.5) is 0 Å². The molecule has 0 aliphatic carbocycles. The molecule has 0 bridgehead atoms. The molecule has 5 heteroatoms. The molecule has 8 aromatic rings. The van der Waals surface area contributed by atoms with Crippen molar-refractivity contribution >= 4 is 32.3 Å². The summed E-state index contributed by atoms with van der Waals surface area (Å²) in [5.74, 6) is 1.81. The average Bonchev–Trinajstić information content (AvgIpc) is 3.07. The zero-order chi connectivity index (χ0) is 27.9. The van der Waals surface area contributed by atoms with Crippen molar-refractivity contribution in [3.8, 4) is 45.6 Å². The summed E-state index contributed by atoms with van der Waals surface area (Å²) >= 11 is 0. The van der Waals surface area contributed by atoms with E-state index >= 15 is 0 Å². The molecule has 0 atom stereocenters. The van der Waals surface area contributed by atoms with E-state index in [0.717, 1.165) is 49.6 Å². The largest absolute Gasteiger partial charge is 0.254 e. The van der Waals surface area contributed by atoms with Crippen molar-refractivity contribution in [2.45, 2.75) is 0 Å². The fraction of sp³-hybridized carbons (Fsp3) is 0. The quantitative estimate of drug-likeness (QED) is 0.224. The van der Waals surface area contributed by atoms with Gasteiger partial charge in [0.1, 0.15) is 0 Å². The SMILES string of the molecule is c1ccc2cc(-c3nc(-c4ccc(-c5nccc6ccccc56)nc4)nc(-c4ccc5ccccc5c4)n3)ccc2c1. The number of benzene rings is 5. The topological polar surface area (TPSA) is 64.5 Å². The van der Waals surface area contributed by atoms with E-state index in [9.17, 15) is 0 Å². The van der Waals surface area contributed by atoms with Crippen molar-refractivity contribution in [3.05, 3.63) is 140 Å². The van der Waals surface area contributed by atoms with E-state index in [-0.39, 0.29) is 0 Å². The van der Waals surface area contributed by atoms with E-state index < -0.39 is 0 Å². The van der Waals surface area contributed by atoms with Crippen LogP contribution in [0.3, 0.4) is 0 Å². The smallest absolute Gasteiger partial charge is 0.165 e. The lowest BCUT2D eigenvalue weighted by Crippen LogP contribution is -2.01. The van der Waals surface area contributed by atoms with Crippen LogP contribution >= 0.6 is 0 Å². The van der Waals surface area contributed by atoms with Crippen LogP contribution in [0, 0.1) is 0 Å². The van der Waals surface area contributed by atoms with Crippen LogP contribution in [0.25, 0.3) is 77.9 Å². The Kier molecular flexibility index (Phi) is 5.71. The van der Waals surface area contributed by atoms with Crippen molar-refractivity contribution in [3.63, 3.8) is 0 Å². The molecule has 0 aliphatic heterocycles. The molecule has 0 fully saturated rings. The van der Waals surface area contributed by atoms with Crippen LogP contribution in [0.5, 0.6) is 0 Å². The highest BCUT2D eigenvalue weighted by Crippen LogP contribution is 2.30. The second-order valence-corrected chi connectivity index (χ2v) is 10.2. The standard InChI is InChI=1S/C37H23N5/c1-3-10-27-21-29(15-13-24(27)7-1)35-40-36(30-16-14-25-8-2-4-11-28(25)22-30)42-37(41-35)31-17-18-33(39-23-31)34-32-12-6-5-9-26(32)19-20-38-34/h1-23H. The molecule has 0 saturated heterocycles. The minimum Gasteiger partial charge on any atom is -0.254 e. The van der Waals surface area contributed by atoms with E-state index in [1.165, 1.54) is 10.8 Å². The summed E-state index contributed by atoms with van der Waals surface area (Å²) in [4.78, 5) is 24.3.